The highest BCUT2D eigenvalue weighted by atomic mass is 16.5. The lowest BCUT2D eigenvalue weighted by molar-refractivity contribution is -0.138. The minimum atomic E-state index is -0.688. The second-order valence-corrected chi connectivity index (χ2v) is 9.42. The van der Waals surface area contributed by atoms with Crippen molar-refractivity contribution < 1.29 is 19.4 Å². The van der Waals surface area contributed by atoms with Crippen molar-refractivity contribution in [2.45, 2.75) is 38.0 Å². The van der Waals surface area contributed by atoms with Crippen molar-refractivity contribution in [3.05, 3.63) is 78.4 Å². The molecule has 0 saturated heterocycles. The molecule has 1 heterocycles. The van der Waals surface area contributed by atoms with Crippen molar-refractivity contribution in [1.29, 1.82) is 0 Å². The molecule has 5 rings (SSSR count). The van der Waals surface area contributed by atoms with Gasteiger partial charge in [0.25, 0.3) is 0 Å². The van der Waals surface area contributed by atoms with Gasteiger partial charge in [-0.1, -0.05) is 48.5 Å². The molecule has 0 radical (unpaired) electrons. The second kappa shape index (κ2) is 10.2. The van der Waals surface area contributed by atoms with Crippen molar-refractivity contribution in [1.82, 2.24) is 0 Å². The number of nitrogens with zero attached hydrogens (tertiary/aromatic N) is 1. The molecule has 1 fully saturated rings. The number of hydrogen-bond acceptors (Lipinski definition) is 3. The van der Waals surface area contributed by atoms with Crippen molar-refractivity contribution in [2.24, 2.45) is 5.92 Å². The number of carboxylic acids is 1. The highest BCUT2D eigenvalue weighted by Crippen LogP contribution is 2.39. The number of amides is 2. The van der Waals surface area contributed by atoms with Gasteiger partial charge in [0, 0.05) is 12.1 Å². The maximum absolute atomic E-state index is 12.9. The van der Waals surface area contributed by atoms with Crippen LogP contribution in [0.3, 0.4) is 0 Å². The van der Waals surface area contributed by atoms with Crippen LogP contribution in [0.4, 0.5) is 16.2 Å². The summed E-state index contributed by atoms with van der Waals surface area (Å²) in [6.07, 6.45) is 4.34. The summed E-state index contributed by atoms with van der Waals surface area (Å²) >= 11 is 0. The van der Waals surface area contributed by atoms with E-state index in [1.165, 1.54) is 5.56 Å². The van der Waals surface area contributed by atoms with E-state index in [1.54, 1.807) is 4.90 Å². The van der Waals surface area contributed by atoms with Crippen LogP contribution in [-0.4, -0.2) is 30.3 Å². The standard InChI is InChI=1S/C29H30N2O4/c32-28(33)18-20-6-8-21(9-7-20)22-10-12-23(13-11-22)24-14-15-26-27(19-24)35-17-16-31(26)29(34)30-25-4-2-1-3-5-25/h1-5,10-15,19-21H,6-9,16-18H2,(H,30,34)(H,32,33)/t20-,21-. The largest absolute Gasteiger partial charge is 0.490 e. The molecule has 0 spiro atoms. The number of aliphatic carboxylic acids is 1. The molecule has 1 aliphatic carbocycles. The van der Waals surface area contributed by atoms with E-state index in [9.17, 15) is 9.59 Å². The van der Waals surface area contributed by atoms with Gasteiger partial charge in [-0.25, -0.2) is 4.79 Å². The lowest BCUT2D eigenvalue weighted by Gasteiger charge is -2.30. The fraction of sp³-hybridized carbons (Fsp3) is 0.310. The Labute approximate surface area is 205 Å². The van der Waals surface area contributed by atoms with E-state index in [-0.39, 0.29) is 12.5 Å². The molecule has 2 amide bonds. The smallest absolute Gasteiger partial charge is 0.326 e. The van der Waals surface area contributed by atoms with Crippen LogP contribution in [0, 0.1) is 5.92 Å². The summed E-state index contributed by atoms with van der Waals surface area (Å²) in [6.45, 7) is 0.941. The maximum atomic E-state index is 12.9. The van der Waals surface area contributed by atoms with Gasteiger partial charge >= 0.3 is 12.0 Å². The van der Waals surface area contributed by atoms with Crippen molar-refractivity contribution in [3.8, 4) is 16.9 Å². The van der Waals surface area contributed by atoms with E-state index >= 15 is 0 Å². The van der Waals surface area contributed by atoms with Gasteiger partial charge < -0.3 is 15.2 Å². The third kappa shape index (κ3) is 5.32. The molecule has 35 heavy (non-hydrogen) atoms. The Kier molecular flexibility index (Phi) is 6.70. The lowest BCUT2D eigenvalue weighted by atomic mass is 9.77. The molecule has 0 bridgehead atoms. The van der Waals surface area contributed by atoms with Crippen LogP contribution in [0.25, 0.3) is 11.1 Å². The molecule has 6 heteroatoms. The summed E-state index contributed by atoms with van der Waals surface area (Å²) in [5.41, 5.74) is 5.00. The Morgan fingerprint density at radius 1 is 0.914 bits per heavy atom. The first-order valence-electron chi connectivity index (χ1n) is 12.3. The van der Waals surface area contributed by atoms with E-state index in [0.717, 1.165) is 48.2 Å². The number of ether oxygens (including phenoxy) is 1. The van der Waals surface area contributed by atoms with Crippen LogP contribution >= 0.6 is 0 Å². The molecule has 2 N–H and O–H groups in total. The van der Waals surface area contributed by atoms with Gasteiger partial charge in [0.15, 0.2) is 0 Å². The minimum Gasteiger partial charge on any atom is -0.490 e. The van der Waals surface area contributed by atoms with Crippen LogP contribution in [0.5, 0.6) is 5.75 Å². The lowest BCUT2D eigenvalue weighted by Crippen LogP contribution is -2.40. The normalized spacial score (nSPS) is 19.4. The molecule has 1 saturated carbocycles. The first-order valence-corrected chi connectivity index (χ1v) is 12.3. The monoisotopic (exact) mass is 470 g/mol. The number of nitrogens with one attached hydrogen (secondary N) is 1. The molecule has 1 aliphatic heterocycles. The summed E-state index contributed by atoms with van der Waals surface area (Å²) in [7, 11) is 0. The zero-order valence-electron chi connectivity index (χ0n) is 19.7. The number of urea groups is 1. The van der Waals surface area contributed by atoms with Gasteiger partial charge in [-0.3, -0.25) is 9.69 Å². The van der Waals surface area contributed by atoms with E-state index < -0.39 is 5.97 Å². The van der Waals surface area contributed by atoms with Gasteiger partial charge in [0.05, 0.1) is 12.2 Å². The predicted molar refractivity (Wildman–Crippen MR) is 137 cm³/mol. The van der Waals surface area contributed by atoms with Gasteiger partial charge in [0.2, 0.25) is 0 Å². The number of anilines is 2. The Balaban J connectivity index is 1.27. The summed E-state index contributed by atoms with van der Waals surface area (Å²) in [4.78, 5) is 25.6. The Bertz CT molecular complexity index is 1190. The van der Waals surface area contributed by atoms with Gasteiger partial charge in [-0.05, 0) is 78.5 Å². The second-order valence-electron chi connectivity index (χ2n) is 9.42. The van der Waals surface area contributed by atoms with Crippen LogP contribution in [-0.2, 0) is 4.79 Å². The van der Waals surface area contributed by atoms with E-state index in [1.807, 2.05) is 48.5 Å². The fourth-order valence-electron chi connectivity index (χ4n) is 5.22. The predicted octanol–water partition coefficient (Wildman–Crippen LogP) is 6.53. The number of benzene rings is 3. The summed E-state index contributed by atoms with van der Waals surface area (Å²) in [5, 5.41) is 12.0. The van der Waals surface area contributed by atoms with Gasteiger partial charge in [-0.15, -0.1) is 0 Å². The van der Waals surface area contributed by atoms with Gasteiger partial charge in [-0.2, -0.15) is 0 Å². The van der Waals surface area contributed by atoms with E-state index in [4.69, 9.17) is 9.84 Å². The molecule has 3 aromatic rings. The van der Waals surface area contributed by atoms with Crippen LogP contribution in [0.1, 0.15) is 43.6 Å². The third-order valence-electron chi connectivity index (χ3n) is 7.12. The van der Waals surface area contributed by atoms with E-state index in [0.29, 0.717) is 30.7 Å². The number of carboxylic acid groups (broad SMARTS) is 1. The number of para-hydroxylation sites is 1. The highest BCUT2D eigenvalue weighted by molar-refractivity contribution is 6.03. The number of carbonyl (C=O) groups is 2. The molecule has 6 nitrogen and oxygen atoms in total. The van der Waals surface area contributed by atoms with E-state index in [2.05, 4.69) is 29.6 Å². The van der Waals surface area contributed by atoms with Crippen molar-refractivity contribution >= 4 is 23.4 Å². The van der Waals surface area contributed by atoms with Crippen LogP contribution in [0.2, 0.25) is 0 Å². The van der Waals surface area contributed by atoms with Crippen molar-refractivity contribution in [2.75, 3.05) is 23.4 Å². The molecule has 0 aromatic heterocycles. The summed E-state index contributed by atoms with van der Waals surface area (Å²) < 4.78 is 5.91. The molecule has 0 atom stereocenters. The summed E-state index contributed by atoms with van der Waals surface area (Å²) in [5.74, 6) is 0.829. The molecule has 2 aliphatic rings. The SMILES string of the molecule is O=C(O)C[C@H]1CC[C@H](c2ccc(-c3ccc4c(c3)OCCN4C(=O)Nc3ccccc3)cc2)CC1. The maximum Gasteiger partial charge on any atom is 0.326 e. The molecule has 3 aromatic carbocycles. The number of carbonyl (C=O) groups excluding carboxylic acids is 1. The fourth-order valence-corrected chi connectivity index (χ4v) is 5.22. The Morgan fingerprint density at radius 3 is 2.34 bits per heavy atom. The Morgan fingerprint density at radius 2 is 1.63 bits per heavy atom. The average Bonchev–Trinajstić information content (AvgIpc) is 2.89. The zero-order chi connectivity index (χ0) is 24.2. The molecule has 0 unspecified atom stereocenters. The zero-order valence-corrected chi connectivity index (χ0v) is 19.7. The van der Waals surface area contributed by atoms with Crippen molar-refractivity contribution in [3.63, 3.8) is 0 Å². The molecular formula is C29H30N2O4. The quantitative estimate of drug-likeness (QED) is 0.444. The first kappa shape index (κ1) is 23.0. The van der Waals surface area contributed by atoms with Crippen LogP contribution < -0.4 is 15.0 Å². The molecule has 180 valence electrons. The summed E-state index contributed by atoms with van der Waals surface area (Å²) in [6, 6.07) is 23.9. The minimum absolute atomic E-state index is 0.170. The first-order chi connectivity index (χ1) is 17.1. The van der Waals surface area contributed by atoms with Crippen LogP contribution in [0.15, 0.2) is 72.8 Å². The number of fused-ring (bicyclic) bond motifs is 1. The van der Waals surface area contributed by atoms with Gasteiger partial charge in [0.1, 0.15) is 12.4 Å². The highest BCUT2D eigenvalue weighted by Gasteiger charge is 2.25. The molecular weight excluding hydrogens is 440 g/mol. The number of rotatable bonds is 5. The third-order valence-corrected chi connectivity index (χ3v) is 7.12. The topological polar surface area (TPSA) is 78.9 Å². The Hall–Kier alpha value is -3.80. The average molecular weight is 471 g/mol. The number of hydrogen-bond donors (Lipinski definition) is 2.